The van der Waals surface area contributed by atoms with E-state index in [1.165, 1.54) is 22.7 Å². The van der Waals surface area contributed by atoms with Gasteiger partial charge in [-0.1, -0.05) is 41.9 Å². The van der Waals surface area contributed by atoms with E-state index in [2.05, 4.69) is 4.98 Å². The molecular formula is C15H10ClNO2S2. The molecule has 106 valence electrons. The Balaban J connectivity index is 2.09. The zero-order valence-corrected chi connectivity index (χ0v) is 13.1. The molecule has 3 rings (SSSR count). The molecule has 6 heteroatoms. The van der Waals surface area contributed by atoms with E-state index >= 15 is 0 Å². The smallest absolute Gasteiger partial charge is 0.308 e. The predicted molar refractivity (Wildman–Crippen MR) is 87.2 cm³/mol. The van der Waals surface area contributed by atoms with E-state index in [9.17, 15) is 4.79 Å². The van der Waals surface area contributed by atoms with Gasteiger partial charge in [-0.3, -0.25) is 4.79 Å². The lowest BCUT2D eigenvalue weighted by Gasteiger charge is -1.95. The van der Waals surface area contributed by atoms with E-state index in [4.69, 9.17) is 16.7 Å². The van der Waals surface area contributed by atoms with Crippen LogP contribution < -0.4 is 0 Å². The summed E-state index contributed by atoms with van der Waals surface area (Å²) in [7, 11) is 0. The number of carboxylic acid groups (broad SMARTS) is 1. The van der Waals surface area contributed by atoms with Gasteiger partial charge in [0, 0.05) is 10.4 Å². The second-order valence-electron chi connectivity index (χ2n) is 4.33. The van der Waals surface area contributed by atoms with Gasteiger partial charge in [0.1, 0.15) is 5.01 Å². The van der Waals surface area contributed by atoms with Gasteiger partial charge in [-0.05, 0) is 12.1 Å². The van der Waals surface area contributed by atoms with Gasteiger partial charge in [0.15, 0.2) is 0 Å². The number of rotatable bonds is 4. The largest absolute Gasteiger partial charge is 0.481 e. The molecule has 0 unspecified atom stereocenters. The molecule has 0 saturated carbocycles. The minimum Gasteiger partial charge on any atom is -0.481 e. The van der Waals surface area contributed by atoms with Gasteiger partial charge in [0.2, 0.25) is 0 Å². The summed E-state index contributed by atoms with van der Waals surface area (Å²) in [6.07, 6.45) is -0.0324. The van der Waals surface area contributed by atoms with Gasteiger partial charge in [0.25, 0.3) is 0 Å². The number of nitrogens with zero attached hydrogens (tertiary/aromatic N) is 1. The van der Waals surface area contributed by atoms with Crippen molar-refractivity contribution in [3.05, 3.63) is 51.7 Å². The molecule has 21 heavy (non-hydrogen) atoms. The molecule has 0 aliphatic rings. The third kappa shape index (κ3) is 3.15. The molecule has 0 radical (unpaired) electrons. The topological polar surface area (TPSA) is 50.2 Å². The SMILES string of the molecule is O=C(O)Cc1sc(-c2ccccc2)nc1-c1ccc(Cl)s1. The average molecular weight is 336 g/mol. The summed E-state index contributed by atoms with van der Waals surface area (Å²) in [6.45, 7) is 0. The molecule has 3 aromatic rings. The average Bonchev–Trinajstić information content (AvgIpc) is 3.05. The molecule has 0 saturated heterocycles. The Morgan fingerprint density at radius 1 is 1.14 bits per heavy atom. The lowest BCUT2D eigenvalue weighted by atomic mass is 10.2. The van der Waals surface area contributed by atoms with Crippen molar-refractivity contribution in [1.82, 2.24) is 4.98 Å². The number of hydrogen-bond donors (Lipinski definition) is 1. The Bertz CT molecular complexity index is 780. The van der Waals surface area contributed by atoms with E-state index < -0.39 is 5.97 Å². The molecule has 1 aromatic carbocycles. The van der Waals surface area contributed by atoms with Crippen LogP contribution in [0.15, 0.2) is 42.5 Å². The molecule has 2 heterocycles. The number of thiazole rings is 1. The second kappa shape index (κ2) is 5.97. The molecule has 0 aliphatic carbocycles. The fourth-order valence-corrected chi connectivity index (χ4v) is 4.14. The monoisotopic (exact) mass is 335 g/mol. The van der Waals surface area contributed by atoms with Crippen LogP contribution in [-0.4, -0.2) is 16.1 Å². The van der Waals surface area contributed by atoms with Gasteiger partial charge >= 0.3 is 5.97 Å². The summed E-state index contributed by atoms with van der Waals surface area (Å²) in [6, 6.07) is 13.4. The highest BCUT2D eigenvalue weighted by atomic mass is 35.5. The van der Waals surface area contributed by atoms with Crippen LogP contribution in [-0.2, 0) is 11.2 Å². The fourth-order valence-electron chi connectivity index (χ4n) is 1.95. The number of benzene rings is 1. The quantitative estimate of drug-likeness (QED) is 0.743. The number of halogens is 1. The molecular weight excluding hydrogens is 326 g/mol. The van der Waals surface area contributed by atoms with Crippen LogP contribution in [0.25, 0.3) is 21.1 Å². The van der Waals surface area contributed by atoms with Crippen molar-refractivity contribution in [3.63, 3.8) is 0 Å². The van der Waals surface area contributed by atoms with Crippen LogP contribution in [0.4, 0.5) is 0 Å². The minimum atomic E-state index is -0.859. The molecule has 0 fully saturated rings. The Morgan fingerprint density at radius 2 is 1.90 bits per heavy atom. The summed E-state index contributed by atoms with van der Waals surface area (Å²) in [5.74, 6) is -0.859. The lowest BCUT2D eigenvalue weighted by Crippen LogP contribution is -1.98. The zero-order valence-electron chi connectivity index (χ0n) is 10.7. The normalized spacial score (nSPS) is 10.7. The van der Waals surface area contributed by atoms with Crippen molar-refractivity contribution >= 4 is 40.2 Å². The van der Waals surface area contributed by atoms with E-state index in [1.807, 2.05) is 36.4 Å². The maximum Gasteiger partial charge on any atom is 0.308 e. The van der Waals surface area contributed by atoms with Crippen LogP contribution in [0.1, 0.15) is 4.88 Å². The first-order chi connectivity index (χ1) is 10.1. The summed E-state index contributed by atoms with van der Waals surface area (Å²) in [5.41, 5.74) is 1.71. The first-order valence-corrected chi connectivity index (χ1v) is 8.17. The van der Waals surface area contributed by atoms with Crippen molar-refractivity contribution < 1.29 is 9.90 Å². The Hall–Kier alpha value is -1.69. The minimum absolute atomic E-state index is 0.0324. The number of carbonyl (C=O) groups is 1. The highest BCUT2D eigenvalue weighted by Gasteiger charge is 2.17. The second-order valence-corrected chi connectivity index (χ2v) is 7.13. The molecule has 1 N–H and O–H groups in total. The van der Waals surface area contributed by atoms with Gasteiger partial charge in [-0.25, -0.2) is 4.98 Å². The van der Waals surface area contributed by atoms with Crippen molar-refractivity contribution in [2.75, 3.05) is 0 Å². The first kappa shape index (κ1) is 14.3. The van der Waals surface area contributed by atoms with Gasteiger partial charge in [-0.15, -0.1) is 22.7 Å². The maximum atomic E-state index is 11.1. The lowest BCUT2D eigenvalue weighted by molar-refractivity contribution is -0.136. The molecule has 2 aromatic heterocycles. The third-order valence-electron chi connectivity index (χ3n) is 2.84. The van der Waals surface area contributed by atoms with Crippen molar-refractivity contribution in [2.45, 2.75) is 6.42 Å². The van der Waals surface area contributed by atoms with Gasteiger partial charge < -0.3 is 5.11 Å². The molecule has 3 nitrogen and oxygen atoms in total. The predicted octanol–water partition coefficient (Wildman–Crippen LogP) is 4.82. The van der Waals surface area contributed by atoms with Gasteiger partial charge in [-0.2, -0.15) is 0 Å². The number of aromatic nitrogens is 1. The molecule has 0 spiro atoms. The maximum absolute atomic E-state index is 11.1. The summed E-state index contributed by atoms with van der Waals surface area (Å²) >= 11 is 8.79. The third-order valence-corrected chi connectivity index (χ3v) is 5.18. The molecule has 0 amide bonds. The molecule has 0 atom stereocenters. The van der Waals surface area contributed by atoms with E-state index in [1.54, 1.807) is 6.07 Å². The van der Waals surface area contributed by atoms with Crippen LogP contribution in [0.2, 0.25) is 4.34 Å². The molecule has 0 aliphatic heterocycles. The standard InChI is InChI=1S/C15H10ClNO2S2/c16-12-7-6-10(20-12)14-11(8-13(18)19)21-15(17-14)9-4-2-1-3-5-9/h1-7H,8H2,(H,18,19). The first-order valence-electron chi connectivity index (χ1n) is 6.16. The number of hydrogen-bond acceptors (Lipinski definition) is 4. The summed E-state index contributed by atoms with van der Waals surface area (Å²) in [4.78, 5) is 17.3. The van der Waals surface area contributed by atoms with Crippen molar-refractivity contribution in [2.24, 2.45) is 0 Å². The van der Waals surface area contributed by atoms with Crippen molar-refractivity contribution in [1.29, 1.82) is 0 Å². The fraction of sp³-hybridized carbons (Fsp3) is 0.0667. The highest BCUT2D eigenvalue weighted by Crippen LogP contribution is 2.38. The summed E-state index contributed by atoms with van der Waals surface area (Å²) in [5, 5.41) is 9.90. The van der Waals surface area contributed by atoms with Crippen LogP contribution in [0.5, 0.6) is 0 Å². The number of thiophene rings is 1. The Labute approximate surface area is 134 Å². The molecule has 0 bridgehead atoms. The van der Waals surface area contributed by atoms with Crippen LogP contribution in [0.3, 0.4) is 0 Å². The van der Waals surface area contributed by atoms with E-state index in [0.717, 1.165) is 26.0 Å². The van der Waals surface area contributed by atoms with E-state index in [0.29, 0.717) is 4.34 Å². The number of aliphatic carboxylic acids is 1. The van der Waals surface area contributed by atoms with Crippen molar-refractivity contribution in [3.8, 4) is 21.1 Å². The zero-order chi connectivity index (χ0) is 14.8. The summed E-state index contributed by atoms with van der Waals surface area (Å²) < 4.78 is 0.667. The van der Waals surface area contributed by atoms with Crippen LogP contribution >= 0.6 is 34.3 Å². The van der Waals surface area contributed by atoms with Crippen LogP contribution in [0, 0.1) is 0 Å². The Morgan fingerprint density at radius 3 is 2.52 bits per heavy atom. The Kier molecular flexibility index (Phi) is 4.05. The van der Waals surface area contributed by atoms with Gasteiger partial charge in [0.05, 0.1) is 21.3 Å². The number of carboxylic acids is 1. The van der Waals surface area contributed by atoms with E-state index in [-0.39, 0.29) is 6.42 Å². The highest BCUT2D eigenvalue weighted by molar-refractivity contribution is 7.20.